The molecule has 0 saturated carbocycles. The van der Waals surface area contributed by atoms with Gasteiger partial charge in [0.1, 0.15) is 5.76 Å². The third-order valence-electron chi connectivity index (χ3n) is 4.16. The van der Waals surface area contributed by atoms with E-state index in [9.17, 15) is 4.79 Å². The summed E-state index contributed by atoms with van der Waals surface area (Å²) in [4.78, 5) is 11.7. The van der Waals surface area contributed by atoms with Gasteiger partial charge in [0.05, 0.1) is 17.5 Å². The van der Waals surface area contributed by atoms with E-state index in [1.165, 1.54) is 0 Å². The molecule has 22 heavy (non-hydrogen) atoms. The molecular formula is C16H24BNO4. The second kappa shape index (κ2) is 6.71. The van der Waals surface area contributed by atoms with E-state index >= 15 is 0 Å². The summed E-state index contributed by atoms with van der Waals surface area (Å²) >= 11 is 0. The second-order valence-electron chi connectivity index (χ2n) is 6.44. The van der Waals surface area contributed by atoms with Crippen molar-refractivity contribution in [2.75, 3.05) is 6.54 Å². The van der Waals surface area contributed by atoms with Crippen LogP contribution in [0.5, 0.6) is 0 Å². The Labute approximate surface area is 132 Å². The molecule has 2 rings (SSSR count). The van der Waals surface area contributed by atoms with Crippen LogP contribution in [0.3, 0.4) is 0 Å². The Morgan fingerprint density at radius 2 is 1.95 bits per heavy atom. The zero-order valence-corrected chi connectivity index (χ0v) is 13.7. The number of carbonyl (C=O) groups excluding carboxylic acids is 1. The Kier molecular flexibility index (Phi) is 5.14. The maximum Gasteiger partial charge on any atom is 0.486 e. The molecule has 0 spiro atoms. The fourth-order valence-electron chi connectivity index (χ4n) is 2.10. The summed E-state index contributed by atoms with van der Waals surface area (Å²) in [5.41, 5.74) is -0.678. The molecule has 2 heterocycles. The number of carbonyl (C=O) groups is 1. The molecule has 0 aromatic carbocycles. The predicted octanol–water partition coefficient (Wildman–Crippen LogP) is 2.52. The lowest BCUT2D eigenvalue weighted by atomic mass is 9.90. The largest absolute Gasteiger partial charge is 0.486 e. The maximum atomic E-state index is 11.7. The number of furan rings is 1. The van der Waals surface area contributed by atoms with E-state index < -0.39 is 0 Å². The molecule has 1 aromatic heterocycles. The molecule has 1 aliphatic rings. The van der Waals surface area contributed by atoms with Crippen LogP contribution in [-0.4, -0.2) is 30.8 Å². The van der Waals surface area contributed by atoms with Crippen LogP contribution in [0.15, 0.2) is 34.9 Å². The Morgan fingerprint density at radius 1 is 1.27 bits per heavy atom. The molecule has 0 unspecified atom stereocenters. The number of amides is 1. The monoisotopic (exact) mass is 305 g/mol. The summed E-state index contributed by atoms with van der Waals surface area (Å²) in [6.07, 6.45) is 4.49. The summed E-state index contributed by atoms with van der Waals surface area (Å²) in [7, 11) is -0.370. The van der Waals surface area contributed by atoms with Crippen molar-refractivity contribution < 1.29 is 18.5 Å². The van der Waals surface area contributed by atoms with Gasteiger partial charge in [0, 0.05) is 19.4 Å². The fourth-order valence-corrected chi connectivity index (χ4v) is 2.10. The molecule has 1 amide bonds. The van der Waals surface area contributed by atoms with Gasteiger partial charge in [0.15, 0.2) is 0 Å². The van der Waals surface area contributed by atoms with Crippen molar-refractivity contribution in [2.45, 2.75) is 51.7 Å². The van der Waals surface area contributed by atoms with E-state index in [1.807, 2.05) is 51.9 Å². The van der Waals surface area contributed by atoms with Crippen LogP contribution in [0, 0.1) is 0 Å². The standard InChI is InChI=1S/C16H24BNO4/c1-15(2)16(3,4)22-17(21-15)10-6-11-18-14(19)9-8-13-7-5-12-20-13/h5-7,10,12H,8-9,11H2,1-4H3,(H,18,19)/b10-6+. The predicted molar refractivity (Wildman–Crippen MR) is 85.3 cm³/mol. The smallest absolute Gasteiger partial charge is 0.469 e. The van der Waals surface area contributed by atoms with Crippen LogP contribution in [0.1, 0.15) is 39.9 Å². The molecule has 0 bridgehead atoms. The molecule has 6 heteroatoms. The minimum atomic E-state index is -0.370. The van der Waals surface area contributed by atoms with Crippen LogP contribution >= 0.6 is 0 Å². The Balaban J connectivity index is 1.67. The number of rotatable bonds is 6. The third kappa shape index (κ3) is 4.24. The molecule has 1 aromatic rings. The van der Waals surface area contributed by atoms with Gasteiger partial charge < -0.3 is 19.0 Å². The number of aryl methyl sites for hydroxylation is 1. The van der Waals surface area contributed by atoms with Crippen molar-refractivity contribution in [3.05, 3.63) is 36.2 Å². The highest BCUT2D eigenvalue weighted by Crippen LogP contribution is 2.36. The Hall–Kier alpha value is -1.53. The van der Waals surface area contributed by atoms with Gasteiger partial charge in [-0.25, -0.2) is 0 Å². The van der Waals surface area contributed by atoms with Gasteiger partial charge in [0.25, 0.3) is 0 Å². The van der Waals surface area contributed by atoms with E-state index in [0.717, 1.165) is 5.76 Å². The molecule has 1 N–H and O–H groups in total. The molecular weight excluding hydrogens is 281 g/mol. The van der Waals surface area contributed by atoms with Crippen molar-refractivity contribution in [3.63, 3.8) is 0 Å². The van der Waals surface area contributed by atoms with Gasteiger partial charge in [-0.15, -0.1) is 0 Å². The fraction of sp³-hybridized carbons (Fsp3) is 0.562. The number of hydrogen-bond acceptors (Lipinski definition) is 4. The van der Waals surface area contributed by atoms with Crippen LogP contribution in [-0.2, 0) is 20.5 Å². The first-order valence-corrected chi connectivity index (χ1v) is 7.61. The highest BCUT2D eigenvalue weighted by atomic mass is 16.7. The van der Waals surface area contributed by atoms with E-state index in [1.54, 1.807) is 6.26 Å². The second-order valence-corrected chi connectivity index (χ2v) is 6.44. The minimum absolute atomic E-state index is 0.00466. The normalized spacial score (nSPS) is 19.7. The topological polar surface area (TPSA) is 60.7 Å². The van der Waals surface area contributed by atoms with Gasteiger partial charge in [-0.3, -0.25) is 4.79 Å². The summed E-state index contributed by atoms with van der Waals surface area (Å²) in [6, 6.07) is 3.69. The van der Waals surface area contributed by atoms with Crippen LogP contribution in [0.25, 0.3) is 0 Å². The average molecular weight is 305 g/mol. The zero-order valence-electron chi connectivity index (χ0n) is 13.7. The molecule has 1 aliphatic heterocycles. The summed E-state index contributed by atoms with van der Waals surface area (Å²) < 4.78 is 16.9. The van der Waals surface area contributed by atoms with Gasteiger partial charge in [-0.2, -0.15) is 0 Å². The van der Waals surface area contributed by atoms with Crippen molar-refractivity contribution in [1.29, 1.82) is 0 Å². The van der Waals surface area contributed by atoms with Crippen molar-refractivity contribution in [1.82, 2.24) is 5.32 Å². The number of nitrogens with one attached hydrogen (secondary N) is 1. The van der Waals surface area contributed by atoms with E-state index in [2.05, 4.69) is 5.32 Å². The average Bonchev–Trinajstić information content (AvgIpc) is 2.99. The van der Waals surface area contributed by atoms with Gasteiger partial charge in [0.2, 0.25) is 5.91 Å². The minimum Gasteiger partial charge on any atom is -0.469 e. The van der Waals surface area contributed by atoms with Gasteiger partial charge in [-0.1, -0.05) is 12.1 Å². The van der Waals surface area contributed by atoms with E-state index in [0.29, 0.717) is 19.4 Å². The van der Waals surface area contributed by atoms with Crippen LogP contribution in [0.2, 0.25) is 0 Å². The number of hydrogen-bond donors (Lipinski definition) is 1. The lowest BCUT2D eigenvalue weighted by Crippen LogP contribution is -2.41. The van der Waals surface area contributed by atoms with Gasteiger partial charge in [-0.05, 0) is 39.8 Å². The van der Waals surface area contributed by atoms with Crippen molar-refractivity contribution in [2.24, 2.45) is 0 Å². The molecule has 1 saturated heterocycles. The molecule has 5 nitrogen and oxygen atoms in total. The highest BCUT2D eigenvalue weighted by molar-refractivity contribution is 6.51. The van der Waals surface area contributed by atoms with Crippen molar-refractivity contribution in [3.8, 4) is 0 Å². The van der Waals surface area contributed by atoms with Crippen LogP contribution < -0.4 is 5.32 Å². The molecule has 120 valence electrons. The van der Waals surface area contributed by atoms with Crippen molar-refractivity contribution >= 4 is 13.0 Å². The quantitative estimate of drug-likeness (QED) is 0.820. The first-order valence-electron chi connectivity index (χ1n) is 7.61. The highest BCUT2D eigenvalue weighted by Gasteiger charge is 2.49. The zero-order chi connectivity index (χ0) is 16.2. The lowest BCUT2D eigenvalue weighted by Gasteiger charge is -2.32. The first-order chi connectivity index (χ1) is 10.3. The summed E-state index contributed by atoms with van der Waals surface area (Å²) in [6.45, 7) is 8.50. The van der Waals surface area contributed by atoms with E-state index in [4.69, 9.17) is 13.7 Å². The van der Waals surface area contributed by atoms with E-state index in [-0.39, 0.29) is 24.2 Å². The third-order valence-corrected chi connectivity index (χ3v) is 4.16. The molecule has 0 radical (unpaired) electrons. The Morgan fingerprint density at radius 3 is 2.55 bits per heavy atom. The SMILES string of the molecule is CC1(C)OB(/C=C/CNC(=O)CCc2ccco2)OC1(C)C. The molecule has 0 aliphatic carbocycles. The maximum absolute atomic E-state index is 11.7. The van der Waals surface area contributed by atoms with Crippen LogP contribution in [0.4, 0.5) is 0 Å². The molecule has 0 atom stereocenters. The molecule has 1 fully saturated rings. The summed E-state index contributed by atoms with van der Waals surface area (Å²) in [5.74, 6) is 2.65. The Bertz CT molecular complexity index is 506. The first kappa shape index (κ1) is 16.8. The van der Waals surface area contributed by atoms with Gasteiger partial charge >= 0.3 is 7.12 Å². The lowest BCUT2D eigenvalue weighted by molar-refractivity contribution is -0.120. The summed E-state index contributed by atoms with van der Waals surface area (Å²) in [5, 5.41) is 2.83.